The number of esters is 1. The third-order valence-corrected chi connectivity index (χ3v) is 4.02. The highest BCUT2D eigenvalue weighted by atomic mass is 16.5. The molecule has 0 radical (unpaired) electrons. The third-order valence-electron chi connectivity index (χ3n) is 4.02. The molecule has 0 aliphatic heterocycles. The first-order valence-corrected chi connectivity index (χ1v) is 7.52. The van der Waals surface area contributed by atoms with Crippen molar-refractivity contribution < 1.29 is 9.53 Å². The summed E-state index contributed by atoms with van der Waals surface area (Å²) in [6, 6.07) is 2.28. The van der Waals surface area contributed by atoms with E-state index in [2.05, 4.69) is 30.7 Å². The Morgan fingerprint density at radius 2 is 2.30 bits per heavy atom. The maximum Gasteiger partial charge on any atom is 0.305 e. The van der Waals surface area contributed by atoms with Gasteiger partial charge in [-0.2, -0.15) is 0 Å². The smallest absolute Gasteiger partial charge is 0.305 e. The first-order chi connectivity index (χ1) is 9.43. The number of hydrogen-bond acceptors (Lipinski definition) is 3. The van der Waals surface area contributed by atoms with E-state index in [4.69, 9.17) is 10.5 Å². The van der Waals surface area contributed by atoms with Crippen LogP contribution in [0.15, 0.2) is 12.3 Å². The monoisotopic (exact) mass is 278 g/mol. The molecule has 2 rings (SSSR count). The molecule has 2 N–H and O–H groups in total. The number of rotatable bonds is 5. The molecule has 4 heteroatoms. The van der Waals surface area contributed by atoms with Crippen molar-refractivity contribution in [1.82, 2.24) is 4.57 Å². The largest absolute Gasteiger partial charge is 0.466 e. The van der Waals surface area contributed by atoms with Crippen LogP contribution in [-0.4, -0.2) is 17.1 Å². The molecule has 1 aliphatic rings. The highest BCUT2D eigenvalue weighted by molar-refractivity contribution is 5.69. The van der Waals surface area contributed by atoms with E-state index < -0.39 is 0 Å². The van der Waals surface area contributed by atoms with Crippen molar-refractivity contribution >= 4 is 5.97 Å². The molecule has 0 saturated heterocycles. The summed E-state index contributed by atoms with van der Waals surface area (Å²) in [5, 5.41) is 0. The van der Waals surface area contributed by atoms with Gasteiger partial charge in [-0.05, 0) is 43.2 Å². The van der Waals surface area contributed by atoms with E-state index in [1.165, 1.54) is 11.3 Å². The van der Waals surface area contributed by atoms with Crippen LogP contribution in [0.4, 0.5) is 0 Å². The van der Waals surface area contributed by atoms with E-state index in [0.717, 1.165) is 25.8 Å². The van der Waals surface area contributed by atoms with Crippen LogP contribution >= 0.6 is 0 Å². The number of aromatic nitrogens is 1. The summed E-state index contributed by atoms with van der Waals surface area (Å²) in [4.78, 5) is 11.4. The molecule has 1 unspecified atom stereocenters. The lowest BCUT2D eigenvalue weighted by atomic mass is 9.74. The highest BCUT2D eigenvalue weighted by Gasteiger charge is 2.32. The summed E-state index contributed by atoms with van der Waals surface area (Å²) >= 11 is 0. The van der Waals surface area contributed by atoms with Crippen molar-refractivity contribution in [1.29, 1.82) is 0 Å². The zero-order valence-corrected chi connectivity index (χ0v) is 12.8. The fourth-order valence-electron chi connectivity index (χ4n) is 3.13. The van der Waals surface area contributed by atoms with Crippen LogP contribution in [0.1, 0.15) is 57.3 Å². The van der Waals surface area contributed by atoms with Gasteiger partial charge < -0.3 is 15.0 Å². The molecule has 1 heterocycles. The van der Waals surface area contributed by atoms with Gasteiger partial charge in [-0.1, -0.05) is 13.8 Å². The van der Waals surface area contributed by atoms with Gasteiger partial charge in [0.1, 0.15) is 0 Å². The third kappa shape index (κ3) is 3.42. The van der Waals surface area contributed by atoms with Gasteiger partial charge in [0.15, 0.2) is 0 Å². The van der Waals surface area contributed by atoms with Crippen LogP contribution in [0.25, 0.3) is 0 Å². The standard InChI is InChI=1S/C16H26N2O2/c1-4-20-15(19)6-5-8-18-9-7-12-13(17)10-16(2,3)11-14(12)18/h7,9,13H,4-6,8,10-11,17H2,1-3H3. The van der Waals surface area contributed by atoms with Crippen LogP contribution in [0.3, 0.4) is 0 Å². The zero-order chi connectivity index (χ0) is 14.8. The lowest BCUT2D eigenvalue weighted by molar-refractivity contribution is -0.143. The van der Waals surface area contributed by atoms with Crippen LogP contribution < -0.4 is 5.73 Å². The van der Waals surface area contributed by atoms with E-state index in [0.29, 0.717) is 13.0 Å². The number of aryl methyl sites for hydroxylation is 1. The average Bonchev–Trinajstić information content (AvgIpc) is 2.71. The minimum absolute atomic E-state index is 0.106. The zero-order valence-electron chi connectivity index (χ0n) is 12.8. The van der Waals surface area contributed by atoms with Gasteiger partial charge in [0.2, 0.25) is 0 Å². The van der Waals surface area contributed by atoms with Crippen LogP contribution in [0, 0.1) is 5.41 Å². The van der Waals surface area contributed by atoms with E-state index >= 15 is 0 Å². The van der Waals surface area contributed by atoms with Crippen molar-refractivity contribution in [2.24, 2.45) is 11.1 Å². The van der Waals surface area contributed by atoms with Gasteiger partial charge >= 0.3 is 5.97 Å². The first-order valence-electron chi connectivity index (χ1n) is 7.52. The van der Waals surface area contributed by atoms with Crippen molar-refractivity contribution in [3.05, 3.63) is 23.5 Å². The molecule has 0 bridgehead atoms. The molecule has 0 amide bonds. The van der Waals surface area contributed by atoms with Crippen LogP contribution in [0.2, 0.25) is 0 Å². The van der Waals surface area contributed by atoms with Gasteiger partial charge in [0, 0.05) is 30.9 Å². The Morgan fingerprint density at radius 1 is 1.55 bits per heavy atom. The second-order valence-electron chi connectivity index (χ2n) is 6.47. The van der Waals surface area contributed by atoms with Gasteiger partial charge in [0.25, 0.3) is 0 Å². The molecule has 1 aromatic heterocycles. The number of carbonyl (C=O) groups excluding carboxylic acids is 1. The second-order valence-corrected chi connectivity index (χ2v) is 6.47. The molecule has 112 valence electrons. The van der Waals surface area contributed by atoms with E-state index in [1.807, 2.05) is 6.92 Å². The quantitative estimate of drug-likeness (QED) is 0.843. The molecule has 0 saturated carbocycles. The second kappa shape index (κ2) is 6.00. The highest BCUT2D eigenvalue weighted by Crippen LogP contribution is 2.39. The number of carbonyl (C=O) groups is 1. The molecule has 1 aromatic rings. The SMILES string of the molecule is CCOC(=O)CCCn1ccc2c1CC(C)(C)CC2N. The Hall–Kier alpha value is -1.29. The van der Waals surface area contributed by atoms with E-state index in [9.17, 15) is 4.79 Å². The minimum Gasteiger partial charge on any atom is -0.466 e. The van der Waals surface area contributed by atoms with Crippen molar-refractivity contribution in [2.45, 2.75) is 59.0 Å². The lowest BCUT2D eigenvalue weighted by Gasteiger charge is -2.34. The Bertz CT molecular complexity index is 477. The van der Waals surface area contributed by atoms with Crippen LogP contribution in [0.5, 0.6) is 0 Å². The Labute approximate surface area is 121 Å². The van der Waals surface area contributed by atoms with Gasteiger partial charge in [-0.25, -0.2) is 0 Å². The van der Waals surface area contributed by atoms with Crippen molar-refractivity contribution in [3.63, 3.8) is 0 Å². The lowest BCUT2D eigenvalue weighted by Crippen LogP contribution is -2.30. The van der Waals surface area contributed by atoms with Crippen molar-refractivity contribution in [2.75, 3.05) is 6.61 Å². The first kappa shape index (κ1) is 15.1. The predicted octanol–water partition coefficient (Wildman–Crippen LogP) is 2.80. The number of hydrogen-bond donors (Lipinski definition) is 1. The Morgan fingerprint density at radius 3 is 3.00 bits per heavy atom. The normalized spacial score (nSPS) is 20.5. The van der Waals surface area contributed by atoms with E-state index in [1.54, 1.807) is 0 Å². The summed E-state index contributed by atoms with van der Waals surface area (Å²) in [7, 11) is 0. The fourth-order valence-corrected chi connectivity index (χ4v) is 3.13. The number of fused-ring (bicyclic) bond motifs is 1. The summed E-state index contributed by atoms with van der Waals surface area (Å²) in [6.45, 7) is 7.69. The van der Waals surface area contributed by atoms with Crippen LogP contribution in [-0.2, 0) is 22.5 Å². The van der Waals surface area contributed by atoms with Crippen molar-refractivity contribution in [3.8, 4) is 0 Å². The molecular formula is C16H26N2O2. The minimum atomic E-state index is -0.106. The molecular weight excluding hydrogens is 252 g/mol. The molecule has 20 heavy (non-hydrogen) atoms. The van der Waals surface area contributed by atoms with Gasteiger partial charge in [-0.3, -0.25) is 4.79 Å². The Balaban J connectivity index is 1.99. The number of nitrogens with two attached hydrogens (primary N) is 1. The molecule has 0 fully saturated rings. The molecule has 4 nitrogen and oxygen atoms in total. The molecule has 0 aromatic carbocycles. The summed E-state index contributed by atoms with van der Waals surface area (Å²) in [5.74, 6) is -0.106. The van der Waals surface area contributed by atoms with Gasteiger partial charge in [-0.15, -0.1) is 0 Å². The predicted molar refractivity (Wildman–Crippen MR) is 79.3 cm³/mol. The molecule has 1 atom stereocenters. The number of ether oxygens (including phenoxy) is 1. The average molecular weight is 278 g/mol. The maximum atomic E-state index is 11.4. The number of nitrogens with zero attached hydrogens (tertiary/aromatic N) is 1. The Kier molecular flexibility index (Phi) is 4.53. The fraction of sp³-hybridized carbons (Fsp3) is 0.688. The summed E-state index contributed by atoms with van der Waals surface area (Å²) in [6.07, 6.45) is 5.50. The summed E-state index contributed by atoms with van der Waals surface area (Å²) in [5.41, 5.74) is 9.14. The van der Waals surface area contributed by atoms with E-state index in [-0.39, 0.29) is 17.4 Å². The summed E-state index contributed by atoms with van der Waals surface area (Å²) < 4.78 is 7.22. The topological polar surface area (TPSA) is 57.2 Å². The maximum absolute atomic E-state index is 11.4. The van der Waals surface area contributed by atoms with Gasteiger partial charge in [0.05, 0.1) is 6.61 Å². The molecule has 0 spiro atoms. The molecule has 1 aliphatic carbocycles.